The van der Waals surface area contributed by atoms with Gasteiger partial charge in [0.1, 0.15) is 11.3 Å². The van der Waals surface area contributed by atoms with Crippen molar-refractivity contribution < 1.29 is 13.2 Å². The summed E-state index contributed by atoms with van der Waals surface area (Å²) in [6.07, 6.45) is -1.20. The van der Waals surface area contributed by atoms with Crippen LogP contribution in [-0.2, 0) is 12.7 Å². The summed E-state index contributed by atoms with van der Waals surface area (Å²) in [6, 6.07) is 5.10. The van der Waals surface area contributed by atoms with Crippen LogP contribution in [0.3, 0.4) is 0 Å². The van der Waals surface area contributed by atoms with Gasteiger partial charge in [0.05, 0.1) is 23.9 Å². The second-order valence-corrected chi connectivity index (χ2v) is 6.39. The molecule has 0 saturated heterocycles. The number of halogens is 5. The fraction of sp³-hybridized carbons (Fsp3) is 0.125. The van der Waals surface area contributed by atoms with E-state index in [1.165, 1.54) is 16.9 Å². The van der Waals surface area contributed by atoms with E-state index in [1.54, 1.807) is 12.3 Å². The molecule has 6 nitrogen and oxygen atoms in total. The van der Waals surface area contributed by atoms with Crippen molar-refractivity contribution in [3.05, 3.63) is 58.2 Å². The predicted molar refractivity (Wildman–Crippen MR) is 93.5 cm³/mol. The molecule has 0 aliphatic heterocycles. The van der Waals surface area contributed by atoms with E-state index in [1.807, 2.05) is 0 Å². The highest BCUT2D eigenvalue weighted by molar-refractivity contribution is 6.35. The summed E-state index contributed by atoms with van der Waals surface area (Å²) >= 11 is 11.8. The number of nitrogens with one attached hydrogen (secondary N) is 1. The van der Waals surface area contributed by atoms with Crippen LogP contribution in [0, 0.1) is 0 Å². The van der Waals surface area contributed by atoms with E-state index < -0.39 is 11.7 Å². The number of aromatic nitrogens is 6. The molecule has 0 amide bonds. The number of imidazole rings is 1. The minimum Gasteiger partial charge on any atom is -0.334 e. The molecule has 1 N–H and O–H groups in total. The zero-order valence-corrected chi connectivity index (χ0v) is 14.8. The van der Waals surface area contributed by atoms with E-state index in [2.05, 4.69) is 25.0 Å². The third-order valence-electron chi connectivity index (χ3n) is 3.79. The Hall–Kier alpha value is -2.65. The summed E-state index contributed by atoms with van der Waals surface area (Å²) in [6.45, 7) is 0.177. The molecule has 4 rings (SSSR count). The Morgan fingerprint density at radius 1 is 1.11 bits per heavy atom. The zero-order valence-electron chi connectivity index (χ0n) is 13.3. The Bertz CT molecular complexity index is 1130. The fourth-order valence-corrected chi connectivity index (χ4v) is 3.00. The van der Waals surface area contributed by atoms with Crippen molar-refractivity contribution in [1.82, 2.24) is 29.7 Å². The molecule has 0 aliphatic rings. The Morgan fingerprint density at radius 3 is 2.70 bits per heavy atom. The third kappa shape index (κ3) is 3.60. The van der Waals surface area contributed by atoms with Crippen molar-refractivity contribution in [2.75, 3.05) is 0 Å². The lowest BCUT2D eigenvalue weighted by Crippen LogP contribution is -2.07. The topological polar surface area (TPSA) is 72.3 Å². The second-order valence-electron chi connectivity index (χ2n) is 5.69. The lowest BCUT2D eigenvalue weighted by atomic mass is 10.1. The maximum absolute atomic E-state index is 12.8. The molecule has 11 heteroatoms. The number of aromatic amines is 1. The lowest BCUT2D eigenvalue weighted by Gasteiger charge is -2.08. The molecule has 3 aromatic heterocycles. The zero-order chi connectivity index (χ0) is 19.2. The molecule has 0 fully saturated rings. The average Bonchev–Trinajstić information content (AvgIpc) is 3.21. The van der Waals surface area contributed by atoms with Crippen LogP contribution in [0.25, 0.3) is 22.6 Å². The van der Waals surface area contributed by atoms with Crippen LogP contribution in [-0.4, -0.2) is 29.7 Å². The van der Waals surface area contributed by atoms with Crippen LogP contribution < -0.4 is 0 Å². The maximum atomic E-state index is 12.8. The molecule has 0 unspecified atom stereocenters. The van der Waals surface area contributed by atoms with Gasteiger partial charge in [-0.1, -0.05) is 23.7 Å². The van der Waals surface area contributed by atoms with Crippen molar-refractivity contribution in [2.45, 2.75) is 12.7 Å². The Kier molecular flexibility index (Phi) is 4.27. The Balaban J connectivity index is 1.62. The summed E-state index contributed by atoms with van der Waals surface area (Å²) in [5, 5.41) is 4.29. The van der Waals surface area contributed by atoms with Gasteiger partial charge in [0, 0.05) is 6.20 Å². The van der Waals surface area contributed by atoms with Gasteiger partial charge in [0.25, 0.3) is 0 Å². The smallest absolute Gasteiger partial charge is 0.334 e. The monoisotopic (exact) mass is 412 g/mol. The van der Waals surface area contributed by atoms with Gasteiger partial charge in [-0.15, -0.1) is 0 Å². The number of hydrogen-bond donors (Lipinski definition) is 1. The van der Waals surface area contributed by atoms with Crippen molar-refractivity contribution in [3.8, 4) is 11.4 Å². The summed E-state index contributed by atoms with van der Waals surface area (Å²) in [4.78, 5) is 15.1. The van der Waals surface area contributed by atoms with Gasteiger partial charge in [0.2, 0.25) is 5.28 Å². The van der Waals surface area contributed by atoms with E-state index in [0.717, 1.165) is 12.1 Å². The SMILES string of the molecule is FC(F)(F)c1cccc(Cn2cc(-c3nc4nc(Cl)nc(Cl)c4[nH]3)cn2)c1. The molecule has 0 aliphatic carbocycles. The highest BCUT2D eigenvalue weighted by Gasteiger charge is 2.30. The summed E-state index contributed by atoms with van der Waals surface area (Å²) in [7, 11) is 0. The van der Waals surface area contributed by atoms with Gasteiger partial charge in [-0.3, -0.25) is 4.68 Å². The minimum atomic E-state index is -4.39. The number of fused-ring (bicyclic) bond motifs is 1. The first-order valence-electron chi connectivity index (χ1n) is 7.57. The number of hydrogen-bond acceptors (Lipinski definition) is 4. The molecule has 3 heterocycles. The number of rotatable bonds is 3. The second kappa shape index (κ2) is 6.50. The van der Waals surface area contributed by atoms with E-state index in [0.29, 0.717) is 28.1 Å². The molecule has 4 aromatic rings. The highest BCUT2D eigenvalue weighted by Crippen LogP contribution is 2.30. The molecule has 1 aromatic carbocycles. The summed E-state index contributed by atoms with van der Waals surface area (Å²) in [5.41, 5.74) is 1.13. The highest BCUT2D eigenvalue weighted by atomic mass is 35.5. The molecule has 0 bridgehead atoms. The van der Waals surface area contributed by atoms with Crippen LogP contribution in [0.2, 0.25) is 10.4 Å². The standard InChI is InChI=1S/C16H9Cl2F3N6/c17-12-11-14(26-15(18)24-12)25-13(23-11)9-5-22-27(7-9)6-8-2-1-3-10(4-8)16(19,20)21/h1-5,7H,6H2,(H,23,24,25,26). The number of H-pyrrole nitrogens is 1. The van der Waals surface area contributed by atoms with Crippen molar-refractivity contribution in [2.24, 2.45) is 0 Å². The molecule has 0 spiro atoms. The van der Waals surface area contributed by atoms with Gasteiger partial charge in [0.15, 0.2) is 10.8 Å². The normalized spacial score (nSPS) is 12.0. The molecular weight excluding hydrogens is 404 g/mol. The van der Waals surface area contributed by atoms with Gasteiger partial charge >= 0.3 is 6.18 Å². The first kappa shape index (κ1) is 17.7. The van der Waals surface area contributed by atoms with Crippen LogP contribution >= 0.6 is 23.2 Å². The summed E-state index contributed by atoms with van der Waals surface area (Å²) in [5.74, 6) is 0.443. The average molecular weight is 413 g/mol. The largest absolute Gasteiger partial charge is 0.416 e. The number of nitrogens with zero attached hydrogens (tertiary/aromatic N) is 5. The van der Waals surface area contributed by atoms with E-state index in [-0.39, 0.29) is 17.0 Å². The molecule has 27 heavy (non-hydrogen) atoms. The number of benzene rings is 1. The minimum absolute atomic E-state index is 0.0224. The third-order valence-corrected chi connectivity index (χ3v) is 4.23. The molecular formula is C16H9Cl2F3N6. The van der Waals surface area contributed by atoms with Crippen LogP contribution in [0.15, 0.2) is 36.7 Å². The van der Waals surface area contributed by atoms with Crippen molar-refractivity contribution in [3.63, 3.8) is 0 Å². The van der Waals surface area contributed by atoms with Gasteiger partial charge in [-0.25, -0.2) is 9.97 Å². The Labute approximate surface area is 160 Å². The van der Waals surface area contributed by atoms with Crippen molar-refractivity contribution in [1.29, 1.82) is 0 Å². The van der Waals surface area contributed by atoms with Gasteiger partial charge in [-0.05, 0) is 29.3 Å². The van der Waals surface area contributed by atoms with Gasteiger partial charge in [-0.2, -0.15) is 23.3 Å². The first-order valence-corrected chi connectivity index (χ1v) is 8.33. The fourth-order valence-electron chi connectivity index (χ4n) is 2.58. The molecule has 0 radical (unpaired) electrons. The van der Waals surface area contributed by atoms with Crippen molar-refractivity contribution >= 4 is 34.4 Å². The summed E-state index contributed by atoms with van der Waals surface area (Å²) < 4.78 is 40.0. The van der Waals surface area contributed by atoms with E-state index in [9.17, 15) is 13.2 Å². The Morgan fingerprint density at radius 2 is 1.93 bits per heavy atom. The van der Waals surface area contributed by atoms with E-state index in [4.69, 9.17) is 23.2 Å². The van der Waals surface area contributed by atoms with E-state index >= 15 is 0 Å². The van der Waals surface area contributed by atoms with Crippen LogP contribution in [0.5, 0.6) is 0 Å². The predicted octanol–water partition coefficient (Wildman–Crippen LogP) is 4.59. The maximum Gasteiger partial charge on any atom is 0.416 e. The first-order chi connectivity index (χ1) is 12.8. The van der Waals surface area contributed by atoms with Crippen LogP contribution in [0.1, 0.15) is 11.1 Å². The number of alkyl halides is 3. The van der Waals surface area contributed by atoms with Crippen LogP contribution in [0.4, 0.5) is 13.2 Å². The lowest BCUT2D eigenvalue weighted by molar-refractivity contribution is -0.137. The molecule has 0 atom stereocenters. The quantitative estimate of drug-likeness (QED) is 0.394. The molecule has 138 valence electrons. The molecule has 0 saturated carbocycles. The van der Waals surface area contributed by atoms with Gasteiger partial charge < -0.3 is 4.98 Å².